The zero-order chi connectivity index (χ0) is 22.4. The normalized spacial score (nSPS) is 20.3. The van der Waals surface area contributed by atoms with Crippen molar-refractivity contribution in [2.75, 3.05) is 18.5 Å². The molecule has 4 rings (SSSR count). The molecular weight excluding hydrogens is 439 g/mol. The number of rotatable bonds is 3. The summed E-state index contributed by atoms with van der Waals surface area (Å²) in [6.45, 7) is -0.615. The fourth-order valence-corrected chi connectivity index (χ4v) is 3.95. The fraction of sp³-hybridized carbons (Fsp3) is 0.250. The highest BCUT2D eigenvalue weighted by molar-refractivity contribution is 6.34. The lowest BCUT2D eigenvalue weighted by atomic mass is 9.84. The van der Waals surface area contributed by atoms with E-state index in [9.17, 15) is 27.6 Å². The third-order valence-corrected chi connectivity index (χ3v) is 5.46. The predicted molar refractivity (Wildman–Crippen MR) is 104 cm³/mol. The van der Waals surface area contributed by atoms with E-state index in [1.165, 1.54) is 6.07 Å². The lowest BCUT2D eigenvalue weighted by molar-refractivity contribution is -0.137. The molecule has 0 radical (unpaired) electrons. The molecule has 1 fully saturated rings. The van der Waals surface area contributed by atoms with Gasteiger partial charge >= 0.3 is 12.2 Å². The molecule has 2 heterocycles. The summed E-state index contributed by atoms with van der Waals surface area (Å²) in [6, 6.07) is 8.91. The summed E-state index contributed by atoms with van der Waals surface area (Å²) in [6.07, 6.45) is -4.61. The van der Waals surface area contributed by atoms with Crippen LogP contribution in [0.25, 0.3) is 0 Å². The smallest absolute Gasteiger partial charge is 0.418 e. The highest BCUT2D eigenvalue weighted by atomic mass is 35.5. The van der Waals surface area contributed by atoms with Crippen LogP contribution in [0.15, 0.2) is 42.5 Å². The molecule has 2 aliphatic heterocycles. The van der Waals surface area contributed by atoms with Gasteiger partial charge in [0.05, 0.1) is 22.9 Å². The van der Waals surface area contributed by atoms with E-state index in [1.807, 2.05) is 0 Å². The number of carbonyl (C=O) groups excluding carboxylic acids is 3. The number of nitrogens with one attached hydrogen (secondary N) is 2. The van der Waals surface area contributed by atoms with E-state index in [0.29, 0.717) is 16.2 Å². The van der Waals surface area contributed by atoms with E-state index in [-0.39, 0.29) is 18.1 Å². The molecule has 1 atom stereocenters. The van der Waals surface area contributed by atoms with E-state index in [0.717, 1.165) is 12.1 Å². The zero-order valence-electron chi connectivity index (χ0n) is 15.8. The molecule has 0 bridgehead atoms. The number of benzene rings is 2. The Morgan fingerprint density at radius 3 is 2.68 bits per heavy atom. The van der Waals surface area contributed by atoms with Gasteiger partial charge in [0.1, 0.15) is 12.3 Å². The minimum absolute atomic E-state index is 0.148. The van der Waals surface area contributed by atoms with E-state index < -0.39 is 47.4 Å². The lowest BCUT2D eigenvalue weighted by Gasteiger charge is -2.33. The van der Waals surface area contributed by atoms with Gasteiger partial charge in [0.15, 0.2) is 5.54 Å². The minimum atomic E-state index is -4.76. The topological polar surface area (TPSA) is 87.7 Å². The summed E-state index contributed by atoms with van der Waals surface area (Å²) in [7, 11) is 0. The van der Waals surface area contributed by atoms with Crippen LogP contribution in [0.2, 0.25) is 5.02 Å². The van der Waals surface area contributed by atoms with Gasteiger partial charge in [-0.2, -0.15) is 13.2 Å². The number of ether oxygens (including phenoxy) is 1. The number of hydrogen-bond donors (Lipinski definition) is 2. The Kier molecular flexibility index (Phi) is 5.04. The SMILES string of the molecule is O=C(CN1C(=O)N[C@]2(CCOc3ccccc32)C1=O)Nc1c(Cl)cccc1C(F)(F)F. The molecule has 7 nitrogen and oxygen atoms in total. The molecule has 2 N–H and O–H groups in total. The van der Waals surface area contributed by atoms with Crippen molar-refractivity contribution in [3.05, 3.63) is 58.6 Å². The van der Waals surface area contributed by atoms with Crippen molar-refractivity contribution in [3.8, 4) is 5.75 Å². The number of fused-ring (bicyclic) bond motifs is 2. The second kappa shape index (κ2) is 7.45. The first-order valence-corrected chi connectivity index (χ1v) is 9.53. The number of halogens is 4. The molecule has 2 aliphatic rings. The molecule has 0 saturated carbocycles. The molecule has 31 heavy (non-hydrogen) atoms. The van der Waals surface area contributed by atoms with Crippen LogP contribution >= 0.6 is 11.6 Å². The summed E-state index contributed by atoms with van der Waals surface area (Å²) < 4.78 is 45.2. The summed E-state index contributed by atoms with van der Waals surface area (Å²) in [4.78, 5) is 38.8. The molecule has 0 aliphatic carbocycles. The average molecular weight is 454 g/mol. The second-order valence-electron chi connectivity index (χ2n) is 7.03. The number of hydrogen-bond acceptors (Lipinski definition) is 4. The van der Waals surface area contributed by atoms with Gasteiger partial charge in [-0.3, -0.25) is 14.5 Å². The second-order valence-corrected chi connectivity index (χ2v) is 7.44. The first-order chi connectivity index (χ1) is 14.6. The van der Waals surface area contributed by atoms with Crippen LogP contribution in [0.3, 0.4) is 0 Å². The maximum Gasteiger partial charge on any atom is 0.418 e. The van der Waals surface area contributed by atoms with Gasteiger partial charge in [0, 0.05) is 12.0 Å². The van der Waals surface area contributed by atoms with Crippen molar-refractivity contribution >= 4 is 35.1 Å². The highest BCUT2D eigenvalue weighted by Gasteiger charge is 2.55. The van der Waals surface area contributed by atoms with Gasteiger partial charge in [0.2, 0.25) is 5.91 Å². The van der Waals surface area contributed by atoms with Gasteiger partial charge in [-0.1, -0.05) is 35.9 Å². The Labute approximate surface area is 179 Å². The third-order valence-electron chi connectivity index (χ3n) is 5.14. The number of imide groups is 1. The van der Waals surface area contributed by atoms with Crippen LogP contribution in [0, 0.1) is 0 Å². The maximum absolute atomic E-state index is 13.2. The number of carbonyl (C=O) groups is 3. The number of para-hydroxylation sites is 2. The number of urea groups is 1. The van der Waals surface area contributed by atoms with E-state index in [1.54, 1.807) is 24.3 Å². The molecule has 11 heteroatoms. The van der Waals surface area contributed by atoms with Crippen LogP contribution in [0.4, 0.5) is 23.7 Å². The van der Waals surface area contributed by atoms with Crippen molar-refractivity contribution in [2.24, 2.45) is 0 Å². The first kappa shape index (κ1) is 21.0. The largest absolute Gasteiger partial charge is 0.493 e. The fourth-order valence-electron chi connectivity index (χ4n) is 3.73. The van der Waals surface area contributed by atoms with E-state index in [2.05, 4.69) is 10.6 Å². The monoisotopic (exact) mass is 453 g/mol. The van der Waals surface area contributed by atoms with Crippen molar-refractivity contribution in [2.45, 2.75) is 18.1 Å². The number of anilines is 1. The first-order valence-electron chi connectivity index (χ1n) is 9.15. The van der Waals surface area contributed by atoms with Crippen molar-refractivity contribution in [3.63, 3.8) is 0 Å². The molecule has 1 spiro atoms. The number of alkyl halides is 3. The van der Waals surface area contributed by atoms with Gasteiger partial charge < -0.3 is 15.4 Å². The van der Waals surface area contributed by atoms with E-state index >= 15 is 0 Å². The molecule has 0 aromatic heterocycles. The molecule has 0 unspecified atom stereocenters. The van der Waals surface area contributed by atoms with E-state index in [4.69, 9.17) is 16.3 Å². The Morgan fingerprint density at radius 1 is 1.19 bits per heavy atom. The minimum Gasteiger partial charge on any atom is -0.493 e. The van der Waals surface area contributed by atoms with Crippen molar-refractivity contribution in [1.82, 2.24) is 10.2 Å². The van der Waals surface area contributed by atoms with Crippen LogP contribution in [-0.2, 0) is 21.3 Å². The Balaban J connectivity index is 1.58. The summed E-state index contributed by atoms with van der Waals surface area (Å²) >= 11 is 5.84. The highest BCUT2D eigenvalue weighted by Crippen LogP contribution is 2.41. The van der Waals surface area contributed by atoms with Crippen molar-refractivity contribution in [1.29, 1.82) is 0 Å². The van der Waals surface area contributed by atoms with Crippen LogP contribution in [0.1, 0.15) is 17.5 Å². The quantitative estimate of drug-likeness (QED) is 0.696. The predicted octanol–water partition coefficient (Wildman–Crippen LogP) is 3.53. The standard InChI is InChI=1S/C20H15ClF3N3O4/c21-13-6-3-5-12(20(22,23)24)16(13)25-15(28)10-27-17(29)19(26-18(27)30)8-9-31-14-7-2-1-4-11(14)19/h1-7H,8-10H2,(H,25,28)(H,26,30)/t19-/m0/s1. The van der Waals surface area contributed by atoms with Crippen LogP contribution in [0.5, 0.6) is 5.75 Å². The molecule has 2 aromatic rings. The molecule has 162 valence electrons. The van der Waals surface area contributed by atoms with Gasteiger partial charge in [-0.05, 0) is 18.2 Å². The average Bonchev–Trinajstić information content (AvgIpc) is 2.94. The molecule has 2 aromatic carbocycles. The summed E-state index contributed by atoms with van der Waals surface area (Å²) in [5.74, 6) is -1.25. The number of amides is 4. The van der Waals surface area contributed by atoms with Gasteiger partial charge in [-0.25, -0.2) is 4.79 Å². The number of nitrogens with zero attached hydrogens (tertiary/aromatic N) is 1. The Hall–Kier alpha value is -3.27. The zero-order valence-corrected chi connectivity index (χ0v) is 16.5. The molecular formula is C20H15ClF3N3O4. The molecule has 4 amide bonds. The van der Waals surface area contributed by atoms with Gasteiger partial charge in [-0.15, -0.1) is 0 Å². The maximum atomic E-state index is 13.2. The third kappa shape index (κ3) is 3.56. The summed E-state index contributed by atoms with van der Waals surface area (Å²) in [5, 5.41) is 4.36. The lowest BCUT2D eigenvalue weighted by Crippen LogP contribution is -2.48. The Bertz CT molecular complexity index is 1090. The molecule has 1 saturated heterocycles. The summed E-state index contributed by atoms with van der Waals surface area (Å²) in [5.41, 5.74) is -2.72. The van der Waals surface area contributed by atoms with Gasteiger partial charge in [0.25, 0.3) is 5.91 Å². The van der Waals surface area contributed by atoms with Crippen LogP contribution in [-0.4, -0.2) is 35.9 Å². The Morgan fingerprint density at radius 2 is 1.94 bits per heavy atom. The van der Waals surface area contributed by atoms with Crippen LogP contribution < -0.4 is 15.4 Å². The van der Waals surface area contributed by atoms with Crippen molar-refractivity contribution < 1.29 is 32.3 Å².